The minimum atomic E-state index is -0.00440. The van der Waals surface area contributed by atoms with Crippen LogP contribution in [0.1, 0.15) is 12.0 Å². The number of anilines is 1. The molecule has 1 amide bonds. The van der Waals surface area contributed by atoms with Crippen LogP contribution in [0.5, 0.6) is 11.5 Å². The summed E-state index contributed by atoms with van der Waals surface area (Å²) in [4.78, 5) is 16.3. The van der Waals surface area contributed by atoms with Crippen molar-refractivity contribution in [3.05, 3.63) is 48.3 Å². The molecule has 0 spiro atoms. The van der Waals surface area contributed by atoms with Crippen LogP contribution in [0.3, 0.4) is 0 Å². The van der Waals surface area contributed by atoms with E-state index in [1.807, 2.05) is 30.0 Å². The average Bonchev–Trinajstić information content (AvgIpc) is 2.68. The maximum atomic E-state index is 12.3. The Balaban J connectivity index is 1.61. The molecule has 0 radical (unpaired) electrons. The van der Waals surface area contributed by atoms with Crippen LogP contribution in [0, 0.1) is 0 Å². The lowest BCUT2D eigenvalue weighted by Crippen LogP contribution is -2.39. The number of aromatic nitrogens is 1. The molecule has 0 saturated carbocycles. The van der Waals surface area contributed by atoms with E-state index in [0.717, 1.165) is 23.6 Å². The Bertz CT molecular complexity index is 721. The number of amides is 1. The number of ether oxygens (including phenoxy) is 2. The third-order valence-corrected chi connectivity index (χ3v) is 5.15. The summed E-state index contributed by atoms with van der Waals surface area (Å²) < 4.78 is 11.2. The summed E-state index contributed by atoms with van der Waals surface area (Å²) >= 11 is 1.88. The Labute approximate surface area is 157 Å². The fourth-order valence-corrected chi connectivity index (χ4v) is 3.64. The van der Waals surface area contributed by atoms with Crippen molar-refractivity contribution < 1.29 is 14.3 Å². The number of rotatable bonds is 7. The second-order valence-electron chi connectivity index (χ2n) is 5.99. The number of thioether (sulfide) groups is 1. The highest BCUT2D eigenvalue weighted by Gasteiger charge is 2.17. The number of nitrogens with one attached hydrogen (secondary N) is 2. The molecule has 1 aromatic carbocycles. The smallest absolute Gasteiger partial charge is 0.225 e. The van der Waals surface area contributed by atoms with Gasteiger partial charge >= 0.3 is 0 Å². The molecule has 1 atom stereocenters. The molecule has 1 fully saturated rings. The first-order valence-electron chi connectivity index (χ1n) is 8.55. The van der Waals surface area contributed by atoms with E-state index in [-0.39, 0.29) is 11.9 Å². The quantitative estimate of drug-likeness (QED) is 0.778. The maximum absolute atomic E-state index is 12.3. The molecule has 26 heavy (non-hydrogen) atoms. The Hall–Kier alpha value is -2.25. The third-order valence-electron chi connectivity index (χ3n) is 4.02. The Morgan fingerprint density at radius 1 is 1.31 bits per heavy atom. The van der Waals surface area contributed by atoms with Gasteiger partial charge in [0.1, 0.15) is 6.61 Å². The molecular formula is C19H23N3O3S. The van der Waals surface area contributed by atoms with Gasteiger partial charge in [-0.05, 0) is 29.8 Å². The molecule has 7 heteroatoms. The van der Waals surface area contributed by atoms with E-state index in [1.54, 1.807) is 31.6 Å². The normalized spacial score (nSPS) is 16.7. The Morgan fingerprint density at radius 3 is 2.88 bits per heavy atom. The monoisotopic (exact) mass is 373 g/mol. The standard InChI is InChI=1S/C19H23N3O3S/c1-24-17-3-2-15(22-19(23)11-16-13-26-9-8-21-16)10-18(17)25-12-14-4-6-20-7-5-14/h2-7,10,16,21H,8-9,11-13H2,1H3,(H,22,23). The van der Waals surface area contributed by atoms with Crippen LogP contribution in [-0.4, -0.2) is 42.1 Å². The first-order chi connectivity index (χ1) is 12.7. The van der Waals surface area contributed by atoms with Crippen LogP contribution in [-0.2, 0) is 11.4 Å². The van der Waals surface area contributed by atoms with Crippen molar-refractivity contribution in [3.8, 4) is 11.5 Å². The van der Waals surface area contributed by atoms with E-state index in [4.69, 9.17) is 9.47 Å². The first kappa shape index (κ1) is 18.5. The summed E-state index contributed by atoms with van der Waals surface area (Å²) in [6, 6.07) is 9.43. The van der Waals surface area contributed by atoms with Gasteiger partial charge in [0.15, 0.2) is 11.5 Å². The molecule has 0 aliphatic carbocycles. The fourth-order valence-electron chi connectivity index (χ4n) is 2.69. The van der Waals surface area contributed by atoms with Gasteiger partial charge in [-0.3, -0.25) is 9.78 Å². The number of benzene rings is 1. The lowest BCUT2D eigenvalue weighted by molar-refractivity contribution is -0.116. The van der Waals surface area contributed by atoms with E-state index < -0.39 is 0 Å². The predicted molar refractivity (Wildman–Crippen MR) is 104 cm³/mol. The van der Waals surface area contributed by atoms with Crippen molar-refractivity contribution in [2.24, 2.45) is 0 Å². The summed E-state index contributed by atoms with van der Waals surface area (Å²) in [6.07, 6.45) is 3.92. The molecule has 138 valence electrons. The van der Waals surface area contributed by atoms with Gasteiger partial charge < -0.3 is 20.1 Å². The second kappa shape index (κ2) is 9.45. The van der Waals surface area contributed by atoms with Crippen molar-refractivity contribution in [1.82, 2.24) is 10.3 Å². The summed E-state index contributed by atoms with van der Waals surface area (Å²) in [5.41, 5.74) is 1.71. The van der Waals surface area contributed by atoms with Gasteiger partial charge in [0.25, 0.3) is 0 Å². The number of pyridine rings is 1. The lowest BCUT2D eigenvalue weighted by atomic mass is 10.2. The van der Waals surface area contributed by atoms with Crippen LogP contribution >= 0.6 is 11.8 Å². The van der Waals surface area contributed by atoms with Crippen molar-refractivity contribution in [3.63, 3.8) is 0 Å². The Morgan fingerprint density at radius 2 is 2.15 bits per heavy atom. The van der Waals surface area contributed by atoms with Gasteiger partial charge in [0, 0.05) is 54.7 Å². The van der Waals surface area contributed by atoms with Gasteiger partial charge in [0.2, 0.25) is 5.91 Å². The Kier molecular flexibility index (Phi) is 6.74. The molecule has 2 heterocycles. The number of hydrogen-bond acceptors (Lipinski definition) is 6. The van der Waals surface area contributed by atoms with Gasteiger partial charge in [-0.25, -0.2) is 0 Å². The summed E-state index contributed by atoms with van der Waals surface area (Å²) in [5.74, 6) is 3.29. The summed E-state index contributed by atoms with van der Waals surface area (Å²) in [7, 11) is 1.60. The summed E-state index contributed by atoms with van der Waals surface area (Å²) in [5, 5.41) is 6.32. The van der Waals surface area contributed by atoms with Gasteiger partial charge in [0.05, 0.1) is 7.11 Å². The number of carbonyl (C=O) groups excluding carboxylic acids is 1. The van der Waals surface area contributed by atoms with Crippen LogP contribution < -0.4 is 20.1 Å². The van der Waals surface area contributed by atoms with E-state index in [2.05, 4.69) is 15.6 Å². The zero-order valence-corrected chi connectivity index (χ0v) is 15.6. The highest BCUT2D eigenvalue weighted by molar-refractivity contribution is 7.99. The zero-order chi connectivity index (χ0) is 18.2. The molecule has 1 unspecified atom stereocenters. The van der Waals surface area contributed by atoms with Crippen molar-refractivity contribution >= 4 is 23.4 Å². The molecule has 1 aliphatic rings. The number of methoxy groups -OCH3 is 1. The first-order valence-corrected chi connectivity index (χ1v) is 9.71. The number of hydrogen-bond donors (Lipinski definition) is 2. The molecular weight excluding hydrogens is 350 g/mol. The number of nitrogens with zero attached hydrogens (tertiary/aromatic N) is 1. The SMILES string of the molecule is COc1ccc(NC(=O)CC2CSCCN2)cc1OCc1ccncc1. The lowest BCUT2D eigenvalue weighted by Gasteiger charge is -2.22. The van der Waals surface area contributed by atoms with Crippen LogP contribution in [0.15, 0.2) is 42.7 Å². The molecule has 6 nitrogen and oxygen atoms in total. The third kappa shape index (κ3) is 5.37. The summed E-state index contributed by atoms with van der Waals surface area (Å²) in [6.45, 7) is 1.36. The minimum absolute atomic E-state index is 0.00440. The van der Waals surface area contributed by atoms with Crippen LogP contribution in [0.2, 0.25) is 0 Å². The van der Waals surface area contributed by atoms with Crippen LogP contribution in [0.25, 0.3) is 0 Å². The molecule has 0 bridgehead atoms. The highest BCUT2D eigenvalue weighted by atomic mass is 32.2. The van der Waals surface area contributed by atoms with Gasteiger partial charge in [-0.15, -0.1) is 0 Å². The molecule has 1 aliphatic heterocycles. The molecule has 1 aromatic heterocycles. The molecule has 2 aromatic rings. The van der Waals surface area contributed by atoms with E-state index in [1.165, 1.54) is 0 Å². The van der Waals surface area contributed by atoms with E-state index in [0.29, 0.717) is 30.2 Å². The fraction of sp³-hybridized carbons (Fsp3) is 0.368. The maximum Gasteiger partial charge on any atom is 0.225 e. The minimum Gasteiger partial charge on any atom is -0.493 e. The highest BCUT2D eigenvalue weighted by Crippen LogP contribution is 2.31. The average molecular weight is 373 g/mol. The van der Waals surface area contributed by atoms with Crippen LogP contribution in [0.4, 0.5) is 5.69 Å². The van der Waals surface area contributed by atoms with Gasteiger partial charge in [-0.1, -0.05) is 0 Å². The van der Waals surface area contributed by atoms with E-state index in [9.17, 15) is 4.79 Å². The van der Waals surface area contributed by atoms with Gasteiger partial charge in [-0.2, -0.15) is 11.8 Å². The van der Waals surface area contributed by atoms with Crippen molar-refractivity contribution in [2.75, 3.05) is 30.5 Å². The predicted octanol–water partition coefficient (Wildman–Crippen LogP) is 2.70. The number of carbonyl (C=O) groups is 1. The molecule has 2 N–H and O–H groups in total. The molecule has 1 saturated heterocycles. The topological polar surface area (TPSA) is 72.5 Å². The second-order valence-corrected chi connectivity index (χ2v) is 7.14. The van der Waals surface area contributed by atoms with Crippen molar-refractivity contribution in [1.29, 1.82) is 0 Å². The van der Waals surface area contributed by atoms with E-state index >= 15 is 0 Å². The molecule has 3 rings (SSSR count). The largest absolute Gasteiger partial charge is 0.493 e. The zero-order valence-electron chi connectivity index (χ0n) is 14.7. The van der Waals surface area contributed by atoms with Crippen molar-refractivity contribution in [2.45, 2.75) is 19.1 Å².